The number of carbonyl (C=O) groups excluding carboxylic acids is 4. The summed E-state index contributed by atoms with van der Waals surface area (Å²) in [5.74, 6) is -2.12. The Bertz CT molecular complexity index is 1720. The first kappa shape index (κ1) is 88.1. The number of esters is 4. The second kappa shape index (κ2) is 65.7. The van der Waals surface area contributed by atoms with E-state index < -0.39 is 97.5 Å². The second-order valence-corrected chi connectivity index (χ2v) is 28.5. The molecule has 534 valence electrons. The van der Waals surface area contributed by atoms with Gasteiger partial charge in [0.2, 0.25) is 0 Å². The number of aliphatic hydroxyl groups excluding tert-OH is 1. The number of aliphatic hydroxyl groups is 1. The van der Waals surface area contributed by atoms with Gasteiger partial charge in [-0.15, -0.1) is 0 Å². The molecule has 0 aromatic rings. The molecule has 3 N–H and O–H groups in total. The lowest BCUT2D eigenvalue weighted by atomic mass is 10.0. The lowest BCUT2D eigenvalue weighted by Crippen LogP contribution is -2.30. The van der Waals surface area contributed by atoms with Gasteiger partial charge < -0.3 is 33.8 Å². The molecule has 0 rings (SSSR count). The van der Waals surface area contributed by atoms with Gasteiger partial charge in [0.1, 0.15) is 19.3 Å². The molecule has 2 unspecified atom stereocenters. The highest BCUT2D eigenvalue weighted by molar-refractivity contribution is 7.47. The van der Waals surface area contributed by atoms with Crippen LogP contribution < -0.4 is 0 Å². The summed E-state index contributed by atoms with van der Waals surface area (Å²) in [4.78, 5) is 72.4. The summed E-state index contributed by atoms with van der Waals surface area (Å²) in [6.45, 7) is 4.91. The lowest BCUT2D eigenvalue weighted by molar-refractivity contribution is -0.161. The van der Waals surface area contributed by atoms with Crippen LogP contribution in [-0.4, -0.2) is 96.7 Å². The van der Waals surface area contributed by atoms with Gasteiger partial charge in [0.15, 0.2) is 12.2 Å². The van der Waals surface area contributed by atoms with Gasteiger partial charge in [-0.2, -0.15) is 0 Å². The van der Waals surface area contributed by atoms with E-state index in [2.05, 4.69) is 27.7 Å². The first-order valence-corrected chi connectivity index (χ1v) is 40.3. The largest absolute Gasteiger partial charge is 0.472 e. The van der Waals surface area contributed by atoms with Crippen LogP contribution >= 0.6 is 15.6 Å². The van der Waals surface area contributed by atoms with Crippen LogP contribution in [0.5, 0.6) is 0 Å². The average molecular weight is 1330 g/mol. The van der Waals surface area contributed by atoms with Gasteiger partial charge in [-0.1, -0.05) is 323 Å². The third-order valence-corrected chi connectivity index (χ3v) is 18.5. The van der Waals surface area contributed by atoms with E-state index in [0.717, 1.165) is 89.9 Å². The summed E-state index contributed by atoms with van der Waals surface area (Å²) in [7, 11) is -9.89. The van der Waals surface area contributed by atoms with Crippen LogP contribution in [0, 0.1) is 0 Å². The standard InChI is InChI=1S/C71H138O17P2/c1-5-9-13-17-21-25-28-29-30-31-32-33-34-35-36-37-38-42-46-50-54-58-71(76)88-67(62-82-69(74)56-52-48-44-40-26-22-18-14-10-6-2)64-86-90(79,80)84-60-65(72)59-83-89(77,78)85-63-66(61-81-68(73)55-51-47-43-39-24-20-16-12-8-4)87-70(75)57-53-49-45-41-27-23-19-15-11-7-3/h65-67,72H,5-64H2,1-4H3,(H,77,78)(H,79,80)/t65-,66+,67+/m0/s1. The molecule has 0 radical (unpaired) electrons. The molecule has 0 heterocycles. The van der Waals surface area contributed by atoms with E-state index in [1.165, 1.54) is 205 Å². The number of rotatable bonds is 72. The topological polar surface area (TPSA) is 237 Å². The molecule has 5 atom stereocenters. The van der Waals surface area contributed by atoms with E-state index in [1.54, 1.807) is 0 Å². The molecule has 0 saturated carbocycles. The molecule has 17 nitrogen and oxygen atoms in total. The van der Waals surface area contributed by atoms with Crippen molar-refractivity contribution in [2.75, 3.05) is 39.6 Å². The SMILES string of the molecule is CCCCCCCCCCCCCCCCCCCCCCCC(=O)O[C@H](COC(=O)CCCCCCCCCCCC)COP(=O)(O)OC[C@@H](O)COP(=O)(O)OC[C@@H](COC(=O)CCCCCCCCCCC)OC(=O)CCCCCCCCCCCC. The van der Waals surface area contributed by atoms with Crippen molar-refractivity contribution < 1.29 is 80.2 Å². The van der Waals surface area contributed by atoms with Crippen molar-refractivity contribution in [2.45, 2.75) is 393 Å². The number of hydrogen-bond acceptors (Lipinski definition) is 15. The summed E-state index contributed by atoms with van der Waals surface area (Å²) in [6.07, 6.45) is 54.2. The van der Waals surface area contributed by atoms with Gasteiger partial charge in [-0.25, -0.2) is 9.13 Å². The van der Waals surface area contributed by atoms with Crippen molar-refractivity contribution in [2.24, 2.45) is 0 Å². The van der Waals surface area contributed by atoms with Gasteiger partial charge in [-0.3, -0.25) is 37.3 Å². The summed E-state index contributed by atoms with van der Waals surface area (Å²) in [5, 5.41) is 10.6. The molecule has 0 bridgehead atoms. The van der Waals surface area contributed by atoms with Crippen molar-refractivity contribution in [1.82, 2.24) is 0 Å². The molecular weight excluding hydrogens is 1190 g/mol. The van der Waals surface area contributed by atoms with Crippen molar-refractivity contribution in [1.29, 1.82) is 0 Å². The van der Waals surface area contributed by atoms with Crippen LogP contribution in [-0.2, 0) is 65.4 Å². The lowest BCUT2D eigenvalue weighted by Gasteiger charge is -2.21. The molecular formula is C71H138O17P2. The fourth-order valence-electron chi connectivity index (χ4n) is 10.9. The molecule has 0 spiro atoms. The minimum atomic E-state index is -4.95. The van der Waals surface area contributed by atoms with Crippen LogP contribution in [0.25, 0.3) is 0 Å². The maximum absolute atomic E-state index is 13.0. The van der Waals surface area contributed by atoms with Crippen LogP contribution in [0.2, 0.25) is 0 Å². The van der Waals surface area contributed by atoms with E-state index in [-0.39, 0.29) is 25.7 Å². The van der Waals surface area contributed by atoms with Gasteiger partial charge in [-0.05, 0) is 25.7 Å². The molecule has 0 aromatic carbocycles. The zero-order valence-electron chi connectivity index (χ0n) is 58.1. The quantitative estimate of drug-likeness (QED) is 0.0222. The predicted octanol–water partition coefficient (Wildman–Crippen LogP) is 20.7. The Morgan fingerprint density at radius 1 is 0.267 bits per heavy atom. The number of ether oxygens (including phenoxy) is 4. The monoisotopic (exact) mass is 1320 g/mol. The zero-order valence-corrected chi connectivity index (χ0v) is 59.9. The first-order valence-electron chi connectivity index (χ1n) is 37.3. The fraction of sp³-hybridized carbons (Fsp3) is 0.944. The molecule has 19 heteroatoms. The second-order valence-electron chi connectivity index (χ2n) is 25.6. The Balaban J connectivity index is 5.13. The average Bonchev–Trinajstić information content (AvgIpc) is 3.56. The van der Waals surface area contributed by atoms with Gasteiger partial charge >= 0.3 is 39.5 Å². The van der Waals surface area contributed by atoms with Gasteiger partial charge in [0.25, 0.3) is 0 Å². The molecule has 0 aliphatic carbocycles. The van der Waals surface area contributed by atoms with Gasteiger partial charge in [0.05, 0.1) is 26.4 Å². The summed E-state index contributed by atoms with van der Waals surface area (Å²) < 4.78 is 68.2. The highest BCUT2D eigenvalue weighted by atomic mass is 31.2. The van der Waals surface area contributed by atoms with Crippen LogP contribution in [0.4, 0.5) is 0 Å². The summed E-state index contributed by atoms with van der Waals surface area (Å²) in [5.41, 5.74) is 0. The molecule has 0 saturated heterocycles. The third kappa shape index (κ3) is 64.8. The van der Waals surface area contributed by atoms with E-state index in [1.807, 2.05) is 0 Å². The number of phosphoric ester groups is 2. The van der Waals surface area contributed by atoms with Gasteiger partial charge in [0, 0.05) is 25.7 Å². The number of unbranched alkanes of at least 4 members (excludes halogenated alkanes) is 46. The highest BCUT2D eigenvalue weighted by Crippen LogP contribution is 2.45. The molecule has 0 fully saturated rings. The molecule has 0 aromatic heterocycles. The number of carbonyl (C=O) groups is 4. The minimum Gasteiger partial charge on any atom is -0.462 e. The maximum Gasteiger partial charge on any atom is 0.472 e. The number of phosphoric acid groups is 2. The van der Waals surface area contributed by atoms with Crippen LogP contribution in [0.15, 0.2) is 0 Å². The molecule has 0 aliphatic rings. The minimum absolute atomic E-state index is 0.107. The Morgan fingerprint density at radius 3 is 0.656 bits per heavy atom. The highest BCUT2D eigenvalue weighted by Gasteiger charge is 2.30. The predicted molar refractivity (Wildman–Crippen MR) is 363 cm³/mol. The Hall–Kier alpha value is -1.94. The zero-order chi connectivity index (χ0) is 66.1. The smallest absolute Gasteiger partial charge is 0.462 e. The molecule has 0 aliphatic heterocycles. The summed E-state index contributed by atoms with van der Waals surface area (Å²) in [6, 6.07) is 0. The van der Waals surface area contributed by atoms with Crippen LogP contribution in [0.3, 0.4) is 0 Å². The van der Waals surface area contributed by atoms with Crippen molar-refractivity contribution >= 4 is 39.5 Å². The van der Waals surface area contributed by atoms with E-state index in [9.17, 15) is 43.2 Å². The van der Waals surface area contributed by atoms with Crippen molar-refractivity contribution in [3.8, 4) is 0 Å². The van der Waals surface area contributed by atoms with E-state index in [0.29, 0.717) is 25.7 Å². The van der Waals surface area contributed by atoms with Crippen molar-refractivity contribution in [3.63, 3.8) is 0 Å². The van der Waals surface area contributed by atoms with Crippen LogP contribution in [0.1, 0.15) is 374 Å². The normalized spacial score (nSPS) is 14.0. The Kier molecular flexibility index (Phi) is 64.3. The Labute approximate surface area is 549 Å². The molecule has 90 heavy (non-hydrogen) atoms. The molecule has 0 amide bonds. The maximum atomic E-state index is 13.0. The first-order chi connectivity index (χ1) is 43.7. The fourth-order valence-corrected chi connectivity index (χ4v) is 12.4. The summed E-state index contributed by atoms with van der Waals surface area (Å²) >= 11 is 0. The third-order valence-electron chi connectivity index (χ3n) is 16.6. The Morgan fingerprint density at radius 2 is 0.444 bits per heavy atom. The van der Waals surface area contributed by atoms with E-state index >= 15 is 0 Å². The number of hydrogen-bond donors (Lipinski definition) is 3. The van der Waals surface area contributed by atoms with Crippen molar-refractivity contribution in [3.05, 3.63) is 0 Å². The van der Waals surface area contributed by atoms with E-state index in [4.69, 9.17) is 37.0 Å².